The predicted octanol–water partition coefficient (Wildman–Crippen LogP) is 2.57. The number of ether oxygens (including phenoxy) is 1. The topological polar surface area (TPSA) is 55.4 Å². The van der Waals surface area contributed by atoms with Gasteiger partial charge in [-0.25, -0.2) is 21.9 Å². The molecule has 0 aliphatic carbocycles. The Balaban J connectivity index is 2.23. The van der Waals surface area contributed by atoms with Crippen LogP contribution in [0.4, 0.5) is 8.78 Å². The minimum absolute atomic E-state index is 0.0403. The van der Waals surface area contributed by atoms with Crippen molar-refractivity contribution in [2.45, 2.75) is 30.3 Å². The normalized spacial score (nSPS) is 23.2. The quantitative estimate of drug-likeness (QED) is 0.887. The average molecular weight is 370 g/mol. The Hall–Kier alpha value is -0.570. The summed E-state index contributed by atoms with van der Waals surface area (Å²) in [6, 6.07) is 1.44. The molecule has 1 heterocycles. The standard InChI is InChI=1S/C12H14BrF2NO3S/c1-12(3-2-4-19-12)7-16-20(17,18)11-9(13)5-8(14)6-10(11)15/h5-6,16H,2-4,7H2,1H3. The van der Waals surface area contributed by atoms with Crippen molar-refractivity contribution >= 4 is 26.0 Å². The van der Waals surface area contributed by atoms with Crippen LogP contribution in [0, 0.1) is 11.6 Å². The Morgan fingerprint density at radius 2 is 2.15 bits per heavy atom. The van der Waals surface area contributed by atoms with Gasteiger partial charge in [0.1, 0.15) is 16.5 Å². The molecule has 4 nitrogen and oxygen atoms in total. The fourth-order valence-electron chi connectivity index (χ4n) is 2.08. The zero-order valence-electron chi connectivity index (χ0n) is 10.8. The first-order chi connectivity index (χ1) is 9.23. The van der Waals surface area contributed by atoms with Gasteiger partial charge in [-0.1, -0.05) is 0 Å². The minimum Gasteiger partial charge on any atom is -0.374 e. The van der Waals surface area contributed by atoms with E-state index in [-0.39, 0.29) is 11.0 Å². The number of sulfonamides is 1. The molecule has 112 valence electrons. The first-order valence-electron chi connectivity index (χ1n) is 6.02. The molecule has 0 amide bonds. The third-order valence-electron chi connectivity index (χ3n) is 3.17. The van der Waals surface area contributed by atoms with Gasteiger partial charge in [0.15, 0.2) is 0 Å². The van der Waals surface area contributed by atoms with E-state index in [0.717, 1.165) is 18.9 Å². The summed E-state index contributed by atoms with van der Waals surface area (Å²) in [6.45, 7) is 2.41. The van der Waals surface area contributed by atoms with Gasteiger partial charge in [0.2, 0.25) is 10.0 Å². The second-order valence-corrected chi connectivity index (χ2v) is 7.48. The largest absolute Gasteiger partial charge is 0.374 e. The second-order valence-electron chi connectivity index (χ2n) is 4.93. The number of rotatable bonds is 4. The molecule has 1 saturated heterocycles. The van der Waals surface area contributed by atoms with Crippen LogP contribution in [-0.4, -0.2) is 27.2 Å². The number of hydrogen-bond acceptors (Lipinski definition) is 3. The average Bonchev–Trinajstić information content (AvgIpc) is 2.73. The molecule has 2 rings (SSSR count). The number of benzene rings is 1. The Kier molecular flexibility index (Phi) is 4.48. The highest BCUT2D eigenvalue weighted by molar-refractivity contribution is 9.10. The Labute approximate surface area is 124 Å². The van der Waals surface area contributed by atoms with E-state index in [1.165, 1.54) is 0 Å². The molecule has 0 radical (unpaired) electrons. The zero-order valence-corrected chi connectivity index (χ0v) is 13.2. The molecule has 8 heteroatoms. The second kappa shape index (κ2) is 5.67. The fraction of sp³-hybridized carbons (Fsp3) is 0.500. The third kappa shape index (κ3) is 3.36. The fourth-order valence-corrected chi connectivity index (χ4v) is 4.40. The molecule has 0 saturated carbocycles. The van der Waals surface area contributed by atoms with E-state index in [9.17, 15) is 17.2 Å². The smallest absolute Gasteiger partial charge is 0.244 e. The van der Waals surface area contributed by atoms with E-state index < -0.39 is 32.2 Å². The van der Waals surface area contributed by atoms with Gasteiger partial charge in [-0.2, -0.15) is 0 Å². The van der Waals surface area contributed by atoms with Crippen molar-refractivity contribution in [3.05, 3.63) is 28.2 Å². The van der Waals surface area contributed by atoms with Gasteiger partial charge in [-0.15, -0.1) is 0 Å². The maximum absolute atomic E-state index is 13.7. The zero-order chi connectivity index (χ0) is 15.0. The van der Waals surface area contributed by atoms with E-state index in [1.807, 2.05) is 0 Å². The molecule has 20 heavy (non-hydrogen) atoms. The van der Waals surface area contributed by atoms with Crippen LogP contribution in [0.5, 0.6) is 0 Å². The molecule has 1 aliphatic heterocycles. The van der Waals surface area contributed by atoms with Crippen LogP contribution in [0.2, 0.25) is 0 Å². The van der Waals surface area contributed by atoms with Crippen molar-refractivity contribution in [2.24, 2.45) is 0 Å². The number of nitrogens with one attached hydrogen (secondary N) is 1. The summed E-state index contributed by atoms with van der Waals surface area (Å²) < 4.78 is 58.5. The van der Waals surface area contributed by atoms with Gasteiger partial charge in [0.05, 0.1) is 5.60 Å². The highest BCUT2D eigenvalue weighted by atomic mass is 79.9. The SMILES string of the molecule is CC1(CNS(=O)(=O)c2c(F)cc(F)cc2Br)CCCO1. The lowest BCUT2D eigenvalue weighted by atomic mass is 10.0. The van der Waals surface area contributed by atoms with Crippen LogP contribution in [-0.2, 0) is 14.8 Å². The molecule has 1 N–H and O–H groups in total. The Bertz CT molecular complexity index is 592. The van der Waals surface area contributed by atoms with Gasteiger partial charge in [0, 0.05) is 23.7 Å². The highest BCUT2D eigenvalue weighted by Crippen LogP contribution is 2.28. The van der Waals surface area contributed by atoms with E-state index in [0.29, 0.717) is 12.7 Å². The Morgan fingerprint density at radius 3 is 2.70 bits per heavy atom. The molecule has 0 bridgehead atoms. The molecular formula is C12H14BrF2NO3S. The van der Waals surface area contributed by atoms with Crippen molar-refractivity contribution < 1.29 is 21.9 Å². The predicted molar refractivity (Wildman–Crippen MR) is 72.8 cm³/mol. The molecule has 1 atom stereocenters. The number of halogens is 3. The van der Waals surface area contributed by atoms with Crippen LogP contribution in [0.1, 0.15) is 19.8 Å². The summed E-state index contributed by atoms with van der Waals surface area (Å²) in [6.07, 6.45) is 1.58. The summed E-state index contributed by atoms with van der Waals surface area (Å²) in [5.74, 6) is -1.98. The van der Waals surface area contributed by atoms with Crippen LogP contribution in [0.15, 0.2) is 21.5 Å². The molecule has 0 spiro atoms. The van der Waals surface area contributed by atoms with E-state index in [1.54, 1.807) is 6.92 Å². The van der Waals surface area contributed by atoms with Crippen molar-refractivity contribution in [3.63, 3.8) is 0 Å². The first kappa shape index (κ1) is 15.8. The maximum Gasteiger partial charge on any atom is 0.244 e. The van der Waals surface area contributed by atoms with Gasteiger partial charge in [-0.3, -0.25) is 0 Å². The van der Waals surface area contributed by atoms with Crippen LogP contribution in [0.25, 0.3) is 0 Å². The molecule has 1 unspecified atom stereocenters. The van der Waals surface area contributed by atoms with Gasteiger partial charge >= 0.3 is 0 Å². The van der Waals surface area contributed by atoms with Crippen molar-refractivity contribution in [3.8, 4) is 0 Å². The van der Waals surface area contributed by atoms with Crippen molar-refractivity contribution in [1.82, 2.24) is 4.72 Å². The van der Waals surface area contributed by atoms with Crippen molar-refractivity contribution in [2.75, 3.05) is 13.2 Å². The lowest BCUT2D eigenvalue weighted by Crippen LogP contribution is -2.40. The molecule has 1 aromatic rings. The lowest BCUT2D eigenvalue weighted by molar-refractivity contribution is 0.0250. The summed E-state index contributed by atoms with van der Waals surface area (Å²) in [7, 11) is -4.08. The van der Waals surface area contributed by atoms with E-state index in [4.69, 9.17) is 4.74 Å². The van der Waals surface area contributed by atoms with E-state index >= 15 is 0 Å². The number of hydrogen-bond donors (Lipinski definition) is 1. The molecule has 1 aliphatic rings. The highest BCUT2D eigenvalue weighted by Gasteiger charge is 2.32. The van der Waals surface area contributed by atoms with Gasteiger partial charge < -0.3 is 4.74 Å². The summed E-state index contributed by atoms with van der Waals surface area (Å²) in [5.41, 5.74) is -0.587. The van der Waals surface area contributed by atoms with Crippen molar-refractivity contribution in [1.29, 1.82) is 0 Å². The monoisotopic (exact) mass is 369 g/mol. The third-order valence-corrected chi connectivity index (χ3v) is 5.53. The molecule has 1 fully saturated rings. The summed E-state index contributed by atoms with van der Waals surface area (Å²) in [4.78, 5) is -0.597. The van der Waals surface area contributed by atoms with Crippen LogP contribution in [0.3, 0.4) is 0 Å². The van der Waals surface area contributed by atoms with Crippen LogP contribution < -0.4 is 4.72 Å². The van der Waals surface area contributed by atoms with Gasteiger partial charge in [0.25, 0.3) is 0 Å². The molecular weight excluding hydrogens is 356 g/mol. The van der Waals surface area contributed by atoms with E-state index in [2.05, 4.69) is 20.7 Å². The van der Waals surface area contributed by atoms with Crippen LogP contribution >= 0.6 is 15.9 Å². The summed E-state index contributed by atoms with van der Waals surface area (Å²) in [5, 5.41) is 0. The molecule has 0 aromatic heterocycles. The minimum atomic E-state index is -4.08. The maximum atomic E-state index is 13.7. The van der Waals surface area contributed by atoms with Gasteiger partial charge in [-0.05, 0) is 41.8 Å². The Morgan fingerprint density at radius 1 is 1.45 bits per heavy atom. The lowest BCUT2D eigenvalue weighted by Gasteiger charge is -2.23. The first-order valence-corrected chi connectivity index (χ1v) is 8.29. The summed E-state index contributed by atoms with van der Waals surface area (Å²) >= 11 is 2.87. The molecule has 1 aromatic carbocycles.